The van der Waals surface area contributed by atoms with Crippen molar-refractivity contribution in [1.29, 1.82) is 0 Å². The average molecular weight is 377 g/mol. The zero-order valence-electron chi connectivity index (χ0n) is 14.3. The summed E-state index contributed by atoms with van der Waals surface area (Å²) in [6, 6.07) is 19.1. The van der Waals surface area contributed by atoms with E-state index in [-0.39, 0.29) is 11.7 Å². The number of benzene rings is 2. The van der Waals surface area contributed by atoms with Crippen LogP contribution in [0.25, 0.3) is 5.65 Å². The highest BCUT2D eigenvalue weighted by Gasteiger charge is 2.13. The summed E-state index contributed by atoms with van der Waals surface area (Å²) < 4.78 is 15.3. The molecule has 4 aromatic rings. The molecule has 0 radical (unpaired) electrons. The quantitative estimate of drug-likeness (QED) is 0.497. The van der Waals surface area contributed by atoms with Crippen molar-refractivity contribution in [3.05, 3.63) is 96.2 Å². The zero-order chi connectivity index (χ0) is 18.6. The molecule has 2 aromatic carbocycles. The maximum Gasteiger partial charge on any atom is 0.256 e. The van der Waals surface area contributed by atoms with Crippen molar-refractivity contribution >= 4 is 29.0 Å². The fourth-order valence-corrected chi connectivity index (χ4v) is 3.69. The summed E-state index contributed by atoms with van der Waals surface area (Å²) in [5.41, 5.74) is 2.81. The summed E-state index contributed by atoms with van der Waals surface area (Å²) >= 11 is 1.55. The van der Waals surface area contributed by atoms with Crippen molar-refractivity contribution in [3.63, 3.8) is 0 Å². The molecule has 4 nitrogen and oxygen atoms in total. The van der Waals surface area contributed by atoms with Crippen LogP contribution < -0.4 is 5.32 Å². The van der Waals surface area contributed by atoms with E-state index in [0.29, 0.717) is 17.0 Å². The van der Waals surface area contributed by atoms with Gasteiger partial charge in [-0.15, -0.1) is 11.8 Å². The molecule has 0 spiro atoms. The summed E-state index contributed by atoms with van der Waals surface area (Å²) in [5, 5.41) is 2.75. The number of aromatic nitrogens is 2. The number of nitrogens with one attached hydrogen (secondary N) is 1. The molecule has 2 aromatic heterocycles. The number of carbonyl (C=O) groups is 1. The Labute approximate surface area is 160 Å². The molecule has 0 aliphatic heterocycles. The number of nitrogens with zero attached hydrogens (tertiary/aromatic N) is 2. The molecule has 0 atom stereocenters. The standard InChI is InChI=1S/C21H16FN3OS/c22-15-6-5-7-16(12-15)24-21(26)18-8-1-2-9-19(18)27-14-17-13-25-11-4-3-10-20(25)23-17/h1-13H,14H2,(H,24,26). The summed E-state index contributed by atoms with van der Waals surface area (Å²) in [7, 11) is 0. The van der Waals surface area contributed by atoms with Crippen molar-refractivity contribution in [2.75, 3.05) is 5.32 Å². The number of rotatable bonds is 5. The van der Waals surface area contributed by atoms with Gasteiger partial charge in [0.05, 0.1) is 11.3 Å². The molecular weight excluding hydrogens is 361 g/mol. The minimum atomic E-state index is -0.387. The van der Waals surface area contributed by atoms with E-state index in [4.69, 9.17) is 0 Å². The molecule has 0 bridgehead atoms. The average Bonchev–Trinajstić information content (AvgIpc) is 3.09. The number of carbonyl (C=O) groups excluding carboxylic acids is 1. The fourth-order valence-electron chi connectivity index (χ4n) is 2.75. The molecule has 27 heavy (non-hydrogen) atoms. The Bertz CT molecular complexity index is 1080. The number of thioether (sulfide) groups is 1. The van der Waals surface area contributed by atoms with Crippen LogP contribution in [0.3, 0.4) is 0 Å². The number of halogens is 1. The van der Waals surface area contributed by atoms with E-state index in [0.717, 1.165) is 16.2 Å². The molecule has 4 rings (SSSR count). The maximum absolute atomic E-state index is 13.3. The third-order valence-electron chi connectivity index (χ3n) is 4.00. The van der Waals surface area contributed by atoms with Crippen LogP contribution in [-0.2, 0) is 5.75 Å². The molecule has 2 heterocycles. The first-order valence-corrected chi connectivity index (χ1v) is 9.39. The van der Waals surface area contributed by atoms with Gasteiger partial charge in [-0.05, 0) is 42.5 Å². The van der Waals surface area contributed by atoms with Crippen LogP contribution in [0.2, 0.25) is 0 Å². The SMILES string of the molecule is O=C(Nc1cccc(F)c1)c1ccccc1SCc1cn2ccccc2n1. The molecule has 0 saturated heterocycles. The van der Waals surface area contributed by atoms with Crippen LogP contribution in [0, 0.1) is 5.82 Å². The van der Waals surface area contributed by atoms with Gasteiger partial charge in [0.1, 0.15) is 11.5 Å². The van der Waals surface area contributed by atoms with E-state index in [1.54, 1.807) is 30.0 Å². The molecule has 1 N–H and O–H groups in total. The van der Waals surface area contributed by atoms with Crippen LogP contribution in [0.1, 0.15) is 16.1 Å². The van der Waals surface area contributed by atoms with Crippen molar-refractivity contribution in [1.82, 2.24) is 9.38 Å². The second-order valence-corrected chi connectivity index (χ2v) is 6.96. The molecular formula is C21H16FN3OS. The van der Waals surface area contributed by atoms with Gasteiger partial charge in [0, 0.05) is 28.7 Å². The van der Waals surface area contributed by atoms with Gasteiger partial charge < -0.3 is 9.72 Å². The third kappa shape index (κ3) is 4.01. The van der Waals surface area contributed by atoms with E-state index in [1.807, 2.05) is 53.2 Å². The van der Waals surface area contributed by atoms with Crippen molar-refractivity contribution in [2.24, 2.45) is 0 Å². The van der Waals surface area contributed by atoms with Gasteiger partial charge in [-0.1, -0.05) is 24.3 Å². The van der Waals surface area contributed by atoms with Gasteiger partial charge in [-0.25, -0.2) is 9.37 Å². The number of anilines is 1. The first-order valence-electron chi connectivity index (χ1n) is 8.40. The minimum Gasteiger partial charge on any atom is -0.322 e. The lowest BCUT2D eigenvalue weighted by atomic mass is 10.2. The molecule has 0 aliphatic carbocycles. The number of fused-ring (bicyclic) bond motifs is 1. The number of hydrogen-bond acceptors (Lipinski definition) is 3. The maximum atomic E-state index is 13.3. The lowest BCUT2D eigenvalue weighted by Crippen LogP contribution is -2.13. The van der Waals surface area contributed by atoms with E-state index in [2.05, 4.69) is 10.3 Å². The zero-order valence-corrected chi connectivity index (χ0v) is 15.1. The van der Waals surface area contributed by atoms with Crippen molar-refractivity contribution in [2.45, 2.75) is 10.6 Å². The normalized spacial score (nSPS) is 10.9. The predicted octanol–water partition coefficient (Wildman–Crippen LogP) is 5.02. The Morgan fingerprint density at radius 2 is 1.93 bits per heavy atom. The first kappa shape index (κ1) is 17.3. The third-order valence-corrected chi connectivity index (χ3v) is 5.11. The monoisotopic (exact) mass is 377 g/mol. The largest absolute Gasteiger partial charge is 0.322 e. The molecule has 6 heteroatoms. The summed E-state index contributed by atoms with van der Waals surface area (Å²) in [5.74, 6) is -0.00706. The summed E-state index contributed by atoms with van der Waals surface area (Å²) in [4.78, 5) is 18.1. The van der Waals surface area contributed by atoms with Crippen molar-refractivity contribution < 1.29 is 9.18 Å². The highest BCUT2D eigenvalue weighted by Crippen LogP contribution is 2.27. The Morgan fingerprint density at radius 1 is 1.07 bits per heavy atom. The molecule has 0 aliphatic rings. The predicted molar refractivity (Wildman–Crippen MR) is 106 cm³/mol. The van der Waals surface area contributed by atoms with Gasteiger partial charge in [-0.3, -0.25) is 4.79 Å². The topological polar surface area (TPSA) is 46.4 Å². The number of amides is 1. The van der Waals surface area contributed by atoms with E-state index < -0.39 is 0 Å². The summed E-state index contributed by atoms with van der Waals surface area (Å²) in [6.45, 7) is 0. The molecule has 0 unspecified atom stereocenters. The lowest BCUT2D eigenvalue weighted by Gasteiger charge is -2.09. The van der Waals surface area contributed by atoms with E-state index in [9.17, 15) is 9.18 Å². The summed E-state index contributed by atoms with van der Waals surface area (Å²) in [6.07, 6.45) is 3.94. The second-order valence-electron chi connectivity index (χ2n) is 5.95. The van der Waals surface area contributed by atoms with Crippen molar-refractivity contribution in [3.8, 4) is 0 Å². The number of hydrogen-bond donors (Lipinski definition) is 1. The highest BCUT2D eigenvalue weighted by atomic mass is 32.2. The van der Waals surface area contributed by atoms with Crippen LogP contribution >= 0.6 is 11.8 Å². The smallest absolute Gasteiger partial charge is 0.256 e. The Hall–Kier alpha value is -3.12. The van der Waals surface area contributed by atoms with Crippen LogP contribution in [0.15, 0.2) is 84.0 Å². The number of imidazole rings is 1. The van der Waals surface area contributed by atoms with Crippen LogP contribution in [0.4, 0.5) is 10.1 Å². The molecule has 0 fully saturated rings. The van der Waals surface area contributed by atoms with Gasteiger partial charge >= 0.3 is 0 Å². The van der Waals surface area contributed by atoms with Crippen LogP contribution in [-0.4, -0.2) is 15.3 Å². The number of pyridine rings is 1. The van der Waals surface area contributed by atoms with E-state index >= 15 is 0 Å². The van der Waals surface area contributed by atoms with Gasteiger partial charge in [0.2, 0.25) is 0 Å². The fraction of sp³-hybridized carbons (Fsp3) is 0.0476. The van der Waals surface area contributed by atoms with Gasteiger partial charge in [-0.2, -0.15) is 0 Å². The minimum absolute atomic E-state index is 0.265. The second kappa shape index (κ2) is 7.63. The highest BCUT2D eigenvalue weighted by molar-refractivity contribution is 7.98. The Kier molecular flexibility index (Phi) is 4.89. The molecule has 134 valence electrons. The Balaban J connectivity index is 1.51. The molecule has 0 saturated carbocycles. The van der Waals surface area contributed by atoms with Gasteiger partial charge in [0.15, 0.2) is 0 Å². The first-order chi connectivity index (χ1) is 13.2. The van der Waals surface area contributed by atoms with E-state index in [1.165, 1.54) is 12.1 Å². The lowest BCUT2D eigenvalue weighted by molar-refractivity contribution is 0.102. The van der Waals surface area contributed by atoms with Crippen LogP contribution in [0.5, 0.6) is 0 Å². The van der Waals surface area contributed by atoms with Gasteiger partial charge in [0.25, 0.3) is 5.91 Å². The Morgan fingerprint density at radius 3 is 2.78 bits per heavy atom. The molecule has 1 amide bonds.